The van der Waals surface area contributed by atoms with Crippen molar-refractivity contribution < 1.29 is 22.0 Å². The third kappa shape index (κ3) is 6.87. The van der Waals surface area contributed by atoms with E-state index in [2.05, 4.69) is 10.5 Å². The minimum Gasteiger partial charge on any atom is -0.459 e. The van der Waals surface area contributed by atoms with Gasteiger partial charge in [0.05, 0.1) is 17.7 Å². The molecular formula is C27H22Cl2FN3O4S. The summed E-state index contributed by atoms with van der Waals surface area (Å²) >= 11 is 12.3. The van der Waals surface area contributed by atoms with Gasteiger partial charge in [0.15, 0.2) is 0 Å². The molecule has 1 heterocycles. The summed E-state index contributed by atoms with van der Waals surface area (Å²) in [5.41, 5.74) is 4.07. The van der Waals surface area contributed by atoms with Crippen LogP contribution >= 0.6 is 23.2 Å². The molecule has 1 amide bonds. The average Bonchev–Trinajstić information content (AvgIpc) is 3.33. The second-order valence-corrected chi connectivity index (χ2v) is 11.1. The number of rotatable bonds is 9. The van der Waals surface area contributed by atoms with Crippen molar-refractivity contribution in [2.45, 2.75) is 24.9 Å². The van der Waals surface area contributed by atoms with Crippen LogP contribution in [-0.4, -0.2) is 24.8 Å². The van der Waals surface area contributed by atoms with Crippen LogP contribution in [0.15, 0.2) is 93.3 Å². The third-order valence-electron chi connectivity index (χ3n) is 5.50. The van der Waals surface area contributed by atoms with E-state index in [1.54, 1.807) is 54.6 Å². The summed E-state index contributed by atoms with van der Waals surface area (Å²) in [4.78, 5) is 12.2. The first kappa shape index (κ1) is 27.5. The van der Waals surface area contributed by atoms with Crippen molar-refractivity contribution in [2.75, 3.05) is 0 Å². The molecule has 0 atom stereocenters. The highest BCUT2D eigenvalue weighted by atomic mass is 35.5. The van der Waals surface area contributed by atoms with E-state index < -0.39 is 21.7 Å². The Bertz CT molecular complexity index is 1570. The predicted octanol–water partition coefficient (Wildman–Crippen LogP) is 6.19. The first-order valence-corrected chi connectivity index (χ1v) is 13.5. The van der Waals surface area contributed by atoms with Crippen molar-refractivity contribution in [3.8, 4) is 0 Å². The van der Waals surface area contributed by atoms with Gasteiger partial charge >= 0.3 is 0 Å². The van der Waals surface area contributed by atoms with Gasteiger partial charge in [-0.05, 0) is 73.2 Å². The Morgan fingerprint density at radius 1 is 1.00 bits per heavy atom. The van der Waals surface area contributed by atoms with E-state index in [1.807, 2.05) is 6.92 Å². The third-order valence-corrected chi connectivity index (χ3v) is 7.89. The number of sulfonamides is 1. The molecule has 4 rings (SSSR count). The van der Waals surface area contributed by atoms with E-state index >= 15 is 0 Å². The second-order valence-electron chi connectivity index (χ2n) is 8.33. The molecule has 0 fully saturated rings. The molecule has 0 aliphatic carbocycles. The quantitative estimate of drug-likeness (QED) is 0.191. The Balaban J connectivity index is 1.53. The molecule has 1 N–H and O–H groups in total. The molecular weight excluding hydrogens is 552 g/mol. The molecule has 11 heteroatoms. The second kappa shape index (κ2) is 11.9. The number of amides is 1. The number of carbonyl (C=O) groups excluding carboxylic acids is 1. The van der Waals surface area contributed by atoms with Gasteiger partial charge in [-0.15, -0.1) is 0 Å². The summed E-state index contributed by atoms with van der Waals surface area (Å²) in [5.74, 6) is -0.345. The zero-order chi connectivity index (χ0) is 27.3. The maximum atomic E-state index is 13.6. The van der Waals surface area contributed by atoms with Gasteiger partial charge in [-0.25, -0.2) is 18.2 Å². The lowest BCUT2D eigenvalue weighted by atomic mass is 10.2. The van der Waals surface area contributed by atoms with Gasteiger partial charge in [0.2, 0.25) is 10.0 Å². The molecule has 0 aliphatic rings. The number of nitrogens with one attached hydrogen (secondary N) is 1. The summed E-state index contributed by atoms with van der Waals surface area (Å²) in [6.07, 6.45) is 1.28. The van der Waals surface area contributed by atoms with E-state index in [-0.39, 0.29) is 29.3 Å². The monoisotopic (exact) mass is 573 g/mol. The molecule has 0 saturated carbocycles. The van der Waals surface area contributed by atoms with E-state index in [0.717, 1.165) is 5.56 Å². The summed E-state index contributed by atoms with van der Waals surface area (Å²) < 4.78 is 47.1. The number of benzene rings is 3. The van der Waals surface area contributed by atoms with Gasteiger partial charge in [-0.1, -0.05) is 47.0 Å². The highest BCUT2D eigenvalue weighted by Crippen LogP contribution is 2.27. The fraction of sp³-hybridized carbons (Fsp3) is 0.111. The first-order chi connectivity index (χ1) is 18.1. The van der Waals surface area contributed by atoms with Crippen LogP contribution in [0.4, 0.5) is 4.39 Å². The molecule has 38 heavy (non-hydrogen) atoms. The van der Waals surface area contributed by atoms with Gasteiger partial charge in [-0.3, -0.25) is 4.79 Å². The van der Waals surface area contributed by atoms with Crippen molar-refractivity contribution in [3.63, 3.8) is 0 Å². The number of hydrogen-bond donors (Lipinski definition) is 1. The van der Waals surface area contributed by atoms with Crippen LogP contribution < -0.4 is 5.43 Å². The molecule has 196 valence electrons. The van der Waals surface area contributed by atoms with Gasteiger partial charge in [0.1, 0.15) is 17.3 Å². The van der Waals surface area contributed by atoms with Crippen LogP contribution in [-0.2, 0) is 23.1 Å². The van der Waals surface area contributed by atoms with Gasteiger partial charge < -0.3 is 4.42 Å². The molecule has 0 aliphatic heterocycles. The molecule has 0 bridgehead atoms. The number of hydrazone groups is 1. The van der Waals surface area contributed by atoms with E-state index in [1.165, 1.54) is 34.8 Å². The number of hydrogen-bond acceptors (Lipinski definition) is 5. The maximum Gasteiger partial charge on any atom is 0.271 e. The highest BCUT2D eigenvalue weighted by Gasteiger charge is 2.27. The van der Waals surface area contributed by atoms with Crippen LogP contribution in [0.2, 0.25) is 10.0 Å². The molecule has 0 saturated heterocycles. The van der Waals surface area contributed by atoms with Crippen molar-refractivity contribution in [1.29, 1.82) is 0 Å². The number of furan rings is 1. The summed E-state index contributed by atoms with van der Waals surface area (Å²) in [6, 6.07) is 19.6. The minimum absolute atomic E-state index is 0.0237. The molecule has 1 aromatic heterocycles. The summed E-state index contributed by atoms with van der Waals surface area (Å²) in [7, 11) is -3.93. The topological polar surface area (TPSA) is 92.0 Å². The van der Waals surface area contributed by atoms with E-state index in [0.29, 0.717) is 21.4 Å². The van der Waals surface area contributed by atoms with Crippen molar-refractivity contribution in [2.24, 2.45) is 5.10 Å². The molecule has 7 nitrogen and oxygen atoms in total. The molecule has 4 aromatic rings. The zero-order valence-corrected chi connectivity index (χ0v) is 22.4. The Morgan fingerprint density at radius 2 is 1.71 bits per heavy atom. The predicted molar refractivity (Wildman–Crippen MR) is 144 cm³/mol. The van der Waals surface area contributed by atoms with Crippen molar-refractivity contribution in [3.05, 3.63) is 123 Å². The van der Waals surface area contributed by atoms with Crippen molar-refractivity contribution in [1.82, 2.24) is 9.73 Å². The fourth-order valence-corrected chi connectivity index (χ4v) is 5.32. The Labute approximate surface area is 229 Å². The van der Waals surface area contributed by atoms with E-state index in [9.17, 15) is 17.6 Å². The molecule has 0 unspecified atom stereocenters. The van der Waals surface area contributed by atoms with Gasteiger partial charge in [-0.2, -0.15) is 9.41 Å². The maximum absolute atomic E-state index is 13.6. The molecule has 3 aromatic carbocycles. The lowest BCUT2D eigenvalue weighted by molar-refractivity contribution is 0.0955. The Morgan fingerprint density at radius 3 is 2.39 bits per heavy atom. The number of carbonyl (C=O) groups is 1. The number of aryl methyl sites for hydroxylation is 1. The largest absolute Gasteiger partial charge is 0.459 e. The van der Waals surface area contributed by atoms with Crippen LogP contribution in [0.1, 0.15) is 33.0 Å². The normalized spacial score (nSPS) is 11.8. The average molecular weight is 574 g/mol. The summed E-state index contributed by atoms with van der Waals surface area (Å²) in [6.45, 7) is 1.75. The standard InChI is InChI=1S/C27H22Cl2FN3O4S/c1-18-2-12-25(13-3-18)38(35,36)33(16-20-4-7-21(28)14-26(20)29)17-24-11-10-23(37-24)15-31-32-27(34)19-5-8-22(30)9-6-19/h2-15H,16-17H2,1H3,(H,32,34)/b31-15-. The van der Waals surface area contributed by atoms with Gasteiger partial charge in [0.25, 0.3) is 5.91 Å². The van der Waals surface area contributed by atoms with Crippen LogP contribution in [0, 0.1) is 12.7 Å². The molecule has 0 spiro atoms. The SMILES string of the molecule is Cc1ccc(S(=O)(=O)N(Cc2ccc(/C=N\NC(=O)c3ccc(F)cc3)o2)Cc2ccc(Cl)cc2Cl)cc1. The zero-order valence-electron chi connectivity index (χ0n) is 20.1. The van der Waals surface area contributed by atoms with Crippen LogP contribution in [0.3, 0.4) is 0 Å². The number of nitrogens with zero attached hydrogens (tertiary/aromatic N) is 2. The molecule has 0 radical (unpaired) electrons. The lowest BCUT2D eigenvalue weighted by Crippen LogP contribution is -2.30. The Hall–Kier alpha value is -3.50. The van der Waals surface area contributed by atoms with Gasteiger partial charge in [0, 0.05) is 22.2 Å². The van der Waals surface area contributed by atoms with E-state index in [4.69, 9.17) is 27.6 Å². The lowest BCUT2D eigenvalue weighted by Gasteiger charge is -2.22. The van der Waals surface area contributed by atoms with Crippen LogP contribution in [0.25, 0.3) is 0 Å². The smallest absolute Gasteiger partial charge is 0.271 e. The van der Waals surface area contributed by atoms with Crippen LogP contribution in [0.5, 0.6) is 0 Å². The minimum atomic E-state index is -3.93. The Kier molecular flexibility index (Phi) is 8.63. The first-order valence-electron chi connectivity index (χ1n) is 11.3. The fourth-order valence-electron chi connectivity index (χ4n) is 3.47. The summed E-state index contributed by atoms with van der Waals surface area (Å²) in [5, 5.41) is 4.63. The highest BCUT2D eigenvalue weighted by molar-refractivity contribution is 7.89. The number of halogens is 3. The van der Waals surface area contributed by atoms with Crippen molar-refractivity contribution >= 4 is 45.3 Å².